The third-order valence-electron chi connectivity index (χ3n) is 3.29. The summed E-state index contributed by atoms with van der Waals surface area (Å²) >= 11 is 0. The predicted molar refractivity (Wildman–Crippen MR) is 70.1 cm³/mol. The third-order valence-corrected chi connectivity index (χ3v) is 5.43. The Bertz CT molecular complexity index is 328. The van der Waals surface area contributed by atoms with Gasteiger partial charge in [-0.15, -0.1) is 0 Å². The van der Waals surface area contributed by atoms with E-state index >= 15 is 0 Å². The van der Waals surface area contributed by atoms with Crippen LogP contribution in [0.25, 0.3) is 0 Å². The molecule has 1 fully saturated rings. The van der Waals surface area contributed by atoms with E-state index in [1.165, 1.54) is 4.31 Å². The van der Waals surface area contributed by atoms with Crippen LogP contribution in [0.5, 0.6) is 0 Å². The molecule has 1 rings (SSSR count). The number of nitrogens with one attached hydrogen (secondary N) is 1. The van der Waals surface area contributed by atoms with Crippen LogP contribution in [0, 0.1) is 0 Å². The summed E-state index contributed by atoms with van der Waals surface area (Å²) in [5.41, 5.74) is 0. The Hall–Kier alpha value is -0.170. The Balaban J connectivity index is 2.71. The number of hydrogen-bond donors (Lipinski definition) is 1. The first-order valence-electron chi connectivity index (χ1n) is 6.36. The van der Waals surface area contributed by atoms with E-state index in [0.29, 0.717) is 19.1 Å². The molecular weight excluding hydrogens is 238 g/mol. The minimum Gasteiger partial charge on any atom is -0.313 e. The summed E-state index contributed by atoms with van der Waals surface area (Å²) < 4.78 is 27.6. The van der Waals surface area contributed by atoms with Crippen LogP contribution in [0.3, 0.4) is 0 Å². The van der Waals surface area contributed by atoms with Crippen LogP contribution in [0.1, 0.15) is 33.6 Å². The summed E-state index contributed by atoms with van der Waals surface area (Å²) in [5.74, 6) is 0. The van der Waals surface area contributed by atoms with Gasteiger partial charge in [0.2, 0.25) is 0 Å². The van der Waals surface area contributed by atoms with Crippen molar-refractivity contribution in [1.82, 2.24) is 13.9 Å². The van der Waals surface area contributed by atoms with Gasteiger partial charge in [-0.2, -0.15) is 17.0 Å². The topological polar surface area (TPSA) is 52.7 Å². The highest BCUT2D eigenvalue weighted by molar-refractivity contribution is 7.86. The predicted octanol–water partition coefficient (Wildman–Crippen LogP) is 0.645. The molecule has 6 heteroatoms. The zero-order chi connectivity index (χ0) is 13.1. The van der Waals surface area contributed by atoms with Gasteiger partial charge in [0, 0.05) is 32.2 Å². The van der Waals surface area contributed by atoms with Crippen LogP contribution in [-0.4, -0.2) is 55.8 Å². The van der Waals surface area contributed by atoms with Crippen LogP contribution < -0.4 is 5.32 Å². The maximum absolute atomic E-state index is 12.3. The third kappa shape index (κ3) is 3.64. The molecule has 0 saturated carbocycles. The number of nitrogens with zero attached hydrogens (tertiary/aromatic N) is 2. The molecule has 0 spiro atoms. The van der Waals surface area contributed by atoms with Gasteiger partial charge in [-0.25, -0.2) is 0 Å². The lowest BCUT2D eigenvalue weighted by Gasteiger charge is -2.35. The molecule has 5 nitrogen and oxygen atoms in total. The molecule has 17 heavy (non-hydrogen) atoms. The van der Waals surface area contributed by atoms with Gasteiger partial charge in [-0.1, -0.05) is 6.92 Å². The van der Waals surface area contributed by atoms with E-state index in [1.807, 2.05) is 20.8 Å². The van der Waals surface area contributed by atoms with Crippen LogP contribution in [-0.2, 0) is 10.2 Å². The van der Waals surface area contributed by atoms with E-state index in [4.69, 9.17) is 0 Å². The normalized spacial score (nSPS) is 23.5. The lowest BCUT2D eigenvalue weighted by molar-refractivity contribution is 0.262. The quantitative estimate of drug-likeness (QED) is 0.792. The zero-order valence-corrected chi connectivity index (χ0v) is 12.1. The Morgan fingerprint density at radius 2 is 2.12 bits per heavy atom. The molecule has 1 heterocycles. The van der Waals surface area contributed by atoms with Gasteiger partial charge in [-0.05, 0) is 33.2 Å². The molecule has 1 aliphatic heterocycles. The summed E-state index contributed by atoms with van der Waals surface area (Å²) in [5, 5.41) is 3.33. The highest BCUT2D eigenvalue weighted by atomic mass is 32.2. The molecular formula is C11H25N3O2S. The fraction of sp³-hybridized carbons (Fsp3) is 1.00. The van der Waals surface area contributed by atoms with Crippen LogP contribution in [0.2, 0.25) is 0 Å². The van der Waals surface area contributed by atoms with E-state index in [9.17, 15) is 8.42 Å². The SMILES string of the molecule is CCNC1CCCN(S(=O)(=O)N(C)C(C)C)C1. The lowest BCUT2D eigenvalue weighted by Crippen LogP contribution is -2.52. The van der Waals surface area contributed by atoms with Crippen molar-refractivity contribution < 1.29 is 8.42 Å². The molecule has 0 aliphatic carbocycles. The van der Waals surface area contributed by atoms with E-state index in [-0.39, 0.29) is 6.04 Å². The summed E-state index contributed by atoms with van der Waals surface area (Å²) in [4.78, 5) is 0. The number of piperidine rings is 1. The molecule has 0 aromatic carbocycles. The molecule has 102 valence electrons. The first kappa shape index (κ1) is 14.9. The first-order chi connectivity index (χ1) is 7.89. The molecule has 1 N–H and O–H groups in total. The summed E-state index contributed by atoms with van der Waals surface area (Å²) in [7, 11) is -1.64. The van der Waals surface area contributed by atoms with E-state index in [2.05, 4.69) is 5.32 Å². The Morgan fingerprint density at radius 1 is 1.47 bits per heavy atom. The Labute approximate surface area is 105 Å². The second kappa shape index (κ2) is 6.13. The lowest BCUT2D eigenvalue weighted by atomic mass is 10.1. The van der Waals surface area contributed by atoms with Crippen molar-refractivity contribution in [3.8, 4) is 0 Å². The molecule has 1 unspecified atom stereocenters. The van der Waals surface area contributed by atoms with E-state index in [0.717, 1.165) is 19.4 Å². The molecule has 0 bridgehead atoms. The Kier molecular flexibility index (Phi) is 5.37. The van der Waals surface area contributed by atoms with Crippen molar-refractivity contribution >= 4 is 10.2 Å². The number of hydrogen-bond acceptors (Lipinski definition) is 3. The monoisotopic (exact) mass is 263 g/mol. The number of rotatable bonds is 5. The molecule has 0 aromatic rings. The van der Waals surface area contributed by atoms with Gasteiger partial charge >= 0.3 is 0 Å². The van der Waals surface area contributed by atoms with Gasteiger partial charge < -0.3 is 5.32 Å². The largest absolute Gasteiger partial charge is 0.313 e. The molecule has 1 saturated heterocycles. The standard InChI is InChI=1S/C11H25N3O2S/c1-5-12-11-7-6-8-14(9-11)17(15,16)13(4)10(2)3/h10-12H,5-9H2,1-4H3. The highest BCUT2D eigenvalue weighted by Crippen LogP contribution is 2.17. The second-order valence-corrected chi connectivity index (χ2v) is 6.86. The Morgan fingerprint density at radius 3 is 2.65 bits per heavy atom. The summed E-state index contributed by atoms with van der Waals surface area (Å²) in [6, 6.07) is 0.295. The molecule has 0 radical (unpaired) electrons. The second-order valence-electron chi connectivity index (χ2n) is 4.87. The maximum atomic E-state index is 12.3. The maximum Gasteiger partial charge on any atom is 0.282 e. The molecule has 1 atom stereocenters. The minimum atomic E-state index is -3.29. The smallest absolute Gasteiger partial charge is 0.282 e. The van der Waals surface area contributed by atoms with Crippen LogP contribution in [0.4, 0.5) is 0 Å². The van der Waals surface area contributed by atoms with Crippen LogP contribution in [0.15, 0.2) is 0 Å². The molecule has 0 amide bonds. The fourth-order valence-electron chi connectivity index (χ4n) is 2.06. The van der Waals surface area contributed by atoms with Crippen molar-refractivity contribution in [2.45, 2.75) is 45.7 Å². The van der Waals surface area contributed by atoms with Gasteiger partial charge in [0.15, 0.2) is 0 Å². The van der Waals surface area contributed by atoms with E-state index < -0.39 is 10.2 Å². The van der Waals surface area contributed by atoms with Crippen molar-refractivity contribution in [3.05, 3.63) is 0 Å². The van der Waals surface area contributed by atoms with Gasteiger partial charge in [-0.3, -0.25) is 0 Å². The zero-order valence-electron chi connectivity index (χ0n) is 11.3. The van der Waals surface area contributed by atoms with Gasteiger partial charge in [0.1, 0.15) is 0 Å². The minimum absolute atomic E-state index is 0.000453. The summed E-state index contributed by atoms with van der Waals surface area (Å²) in [6.07, 6.45) is 1.99. The van der Waals surface area contributed by atoms with Gasteiger partial charge in [0.05, 0.1) is 0 Å². The molecule has 0 aromatic heterocycles. The van der Waals surface area contributed by atoms with Crippen LogP contribution >= 0.6 is 0 Å². The highest BCUT2D eigenvalue weighted by Gasteiger charge is 2.32. The fourth-order valence-corrected chi connectivity index (χ4v) is 3.68. The summed E-state index contributed by atoms with van der Waals surface area (Å²) in [6.45, 7) is 7.95. The van der Waals surface area contributed by atoms with E-state index in [1.54, 1.807) is 11.4 Å². The van der Waals surface area contributed by atoms with Gasteiger partial charge in [0.25, 0.3) is 10.2 Å². The van der Waals surface area contributed by atoms with Crippen molar-refractivity contribution in [1.29, 1.82) is 0 Å². The first-order valence-corrected chi connectivity index (χ1v) is 7.75. The number of likely N-dealkylation sites (N-methyl/N-ethyl adjacent to an activating group) is 1. The average Bonchev–Trinajstić information content (AvgIpc) is 2.28. The van der Waals surface area contributed by atoms with Crippen molar-refractivity contribution in [3.63, 3.8) is 0 Å². The van der Waals surface area contributed by atoms with Crippen molar-refractivity contribution in [2.24, 2.45) is 0 Å². The molecule has 1 aliphatic rings. The van der Waals surface area contributed by atoms with Crippen molar-refractivity contribution in [2.75, 3.05) is 26.7 Å². The average molecular weight is 263 g/mol.